The molecule has 2 aliphatic rings. The number of piperidine rings is 1. The van der Waals surface area contributed by atoms with E-state index < -0.39 is 0 Å². The van der Waals surface area contributed by atoms with Crippen LogP contribution < -0.4 is 15.5 Å². The van der Waals surface area contributed by atoms with Gasteiger partial charge in [0.2, 0.25) is 5.91 Å². The fourth-order valence-electron chi connectivity index (χ4n) is 3.05. The maximum absolute atomic E-state index is 11.5. The Morgan fingerprint density at radius 1 is 1.42 bits per heavy atom. The number of likely N-dealkylation sites (N-methyl/N-ethyl adjacent to an activating group) is 1. The van der Waals surface area contributed by atoms with Crippen molar-refractivity contribution in [3.63, 3.8) is 0 Å². The van der Waals surface area contributed by atoms with Gasteiger partial charge in [0.1, 0.15) is 0 Å². The molecule has 0 aromatic heterocycles. The van der Waals surface area contributed by atoms with E-state index >= 15 is 0 Å². The number of rotatable bonds is 2. The molecular weight excluding hydrogens is 238 g/mol. The SMILES string of the molecule is CN1CC(=O)Nc2ccc(CC3CCCNC3)cc21. The standard InChI is InChI=1S/C15H21N3O/c1-18-10-15(19)17-13-5-4-11(8-14(13)18)7-12-3-2-6-16-9-12/h4-5,8,12,16H,2-3,6-7,9-10H2,1H3,(H,17,19). The van der Waals surface area contributed by atoms with Crippen LogP contribution in [0.1, 0.15) is 18.4 Å². The quantitative estimate of drug-likeness (QED) is 0.848. The molecular formula is C15H21N3O. The number of carbonyl (C=O) groups is 1. The van der Waals surface area contributed by atoms with Gasteiger partial charge in [-0.2, -0.15) is 0 Å². The summed E-state index contributed by atoms with van der Waals surface area (Å²) in [6.45, 7) is 2.74. The minimum absolute atomic E-state index is 0.0687. The summed E-state index contributed by atoms with van der Waals surface area (Å²) in [6.07, 6.45) is 3.73. The second-order valence-corrected chi connectivity index (χ2v) is 5.67. The zero-order chi connectivity index (χ0) is 13.2. The summed E-state index contributed by atoms with van der Waals surface area (Å²) >= 11 is 0. The van der Waals surface area contributed by atoms with Crippen LogP contribution in [0.4, 0.5) is 11.4 Å². The number of anilines is 2. The van der Waals surface area contributed by atoms with E-state index in [9.17, 15) is 4.79 Å². The van der Waals surface area contributed by atoms with Crippen molar-refractivity contribution in [2.24, 2.45) is 5.92 Å². The van der Waals surface area contributed by atoms with Crippen LogP contribution in [-0.4, -0.2) is 32.6 Å². The van der Waals surface area contributed by atoms with Crippen molar-refractivity contribution in [2.45, 2.75) is 19.3 Å². The second-order valence-electron chi connectivity index (χ2n) is 5.67. The number of nitrogens with one attached hydrogen (secondary N) is 2. The molecule has 1 fully saturated rings. The molecule has 0 saturated carbocycles. The Morgan fingerprint density at radius 3 is 3.11 bits per heavy atom. The molecule has 102 valence electrons. The summed E-state index contributed by atoms with van der Waals surface area (Å²) in [5.41, 5.74) is 3.44. The van der Waals surface area contributed by atoms with E-state index in [-0.39, 0.29) is 5.91 Å². The highest BCUT2D eigenvalue weighted by Crippen LogP contribution is 2.30. The first kappa shape index (κ1) is 12.5. The van der Waals surface area contributed by atoms with Crippen molar-refractivity contribution in [3.8, 4) is 0 Å². The average molecular weight is 259 g/mol. The highest BCUT2D eigenvalue weighted by Gasteiger charge is 2.20. The Balaban J connectivity index is 1.77. The van der Waals surface area contributed by atoms with Crippen LogP contribution in [0.15, 0.2) is 18.2 Å². The van der Waals surface area contributed by atoms with Gasteiger partial charge in [0, 0.05) is 7.05 Å². The van der Waals surface area contributed by atoms with Gasteiger partial charge in [-0.25, -0.2) is 0 Å². The summed E-state index contributed by atoms with van der Waals surface area (Å²) in [5.74, 6) is 0.814. The largest absolute Gasteiger partial charge is 0.364 e. The number of fused-ring (bicyclic) bond motifs is 1. The Labute approximate surface area is 114 Å². The fraction of sp³-hybridized carbons (Fsp3) is 0.533. The summed E-state index contributed by atoms with van der Waals surface area (Å²) < 4.78 is 0. The van der Waals surface area contributed by atoms with Gasteiger partial charge in [-0.15, -0.1) is 0 Å². The third-order valence-electron chi connectivity index (χ3n) is 4.05. The van der Waals surface area contributed by atoms with Crippen LogP contribution in [0.3, 0.4) is 0 Å². The van der Waals surface area contributed by atoms with Gasteiger partial charge < -0.3 is 15.5 Å². The molecule has 1 saturated heterocycles. The smallest absolute Gasteiger partial charge is 0.243 e. The minimum atomic E-state index is 0.0687. The lowest BCUT2D eigenvalue weighted by Gasteiger charge is -2.28. The minimum Gasteiger partial charge on any atom is -0.364 e. The molecule has 0 bridgehead atoms. The summed E-state index contributed by atoms with van der Waals surface area (Å²) in [5, 5.41) is 6.39. The first-order chi connectivity index (χ1) is 9.22. The Hall–Kier alpha value is -1.55. The molecule has 0 spiro atoms. The zero-order valence-electron chi connectivity index (χ0n) is 11.4. The van der Waals surface area contributed by atoms with Crippen molar-refractivity contribution >= 4 is 17.3 Å². The number of hydrogen-bond donors (Lipinski definition) is 2. The molecule has 2 heterocycles. The molecule has 1 atom stereocenters. The van der Waals surface area contributed by atoms with Gasteiger partial charge in [-0.3, -0.25) is 4.79 Å². The fourth-order valence-corrected chi connectivity index (χ4v) is 3.05. The topological polar surface area (TPSA) is 44.4 Å². The molecule has 1 aromatic rings. The number of benzene rings is 1. The van der Waals surface area contributed by atoms with Crippen LogP contribution in [0.25, 0.3) is 0 Å². The molecule has 0 aliphatic carbocycles. The lowest BCUT2D eigenvalue weighted by atomic mass is 9.92. The number of amides is 1. The van der Waals surface area contributed by atoms with Crippen molar-refractivity contribution in [3.05, 3.63) is 23.8 Å². The van der Waals surface area contributed by atoms with E-state index in [4.69, 9.17) is 0 Å². The number of hydrogen-bond acceptors (Lipinski definition) is 3. The molecule has 1 amide bonds. The van der Waals surface area contributed by atoms with Crippen LogP contribution >= 0.6 is 0 Å². The van der Waals surface area contributed by atoms with E-state index in [1.54, 1.807) is 0 Å². The molecule has 0 radical (unpaired) electrons. The number of carbonyl (C=O) groups excluding carboxylic acids is 1. The van der Waals surface area contributed by atoms with E-state index in [1.807, 2.05) is 18.0 Å². The molecule has 3 rings (SSSR count). The van der Waals surface area contributed by atoms with E-state index in [0.29, 0.717) is 6.54 Å². The lowest BCUT2D eigenvalue weighted by molar-refractivity contribution is -0.115. The van der Waals surface area contributed by atoms with E-state index in [2.05, 4.69) is 22.8 Å². The highest BCUT2D eigenvalue weighted by atomic mass is 16.2. The summed E-state index contributed by atoms with van der Waals surface area (Å²) in [7, 11) is 1.98. The van der Waals surface area contributed by atoms with Crippen molar-refractivity contribution in [1.29, 1.82) is 0 Å². The molecule has 2 aliphatic heterocycles. The summed E-state index contributed by atoms with van der Waals surface area (Å²) in [6, 6.07) is 6.41. The first-order valence-corrected chi connectivity index (χ1v) is 7.07. The molecule has 1 aromatic carbocycles. The molecule has 19 heavy (non-hydrogen) atoms. The second kappa shape index (κ2) is 5.21. The maximum Gasteiger partial charge on any atom is 0.243 e. The van der Waals surface area contributed by atoms with Crippen LogP contribution in [0.2, 0.25) is 0 Å². The predicted molar refractivity (Wildman–Crippen MR) is 77.6 cm³/mol. The van der Waals surface area contributed by atoms with Gasteiger partial charge in [0.15, 0.2) is 0 Å². The van der Waals surface area contributed by atoms with Gasteiger partial charge >= 0.3 is 0 Å². The zero-order valence-corrected chi connectivity index (χ0v) is 11.4. The van der Waals surface area contributed by atoms with E-state index in [0.717, 1.165) is 36.8 Å². The molecule has 4 heteroatoms. The summed E-state index contributed by atoms with van der Waals surface area (Å²) in [4.78, 5) is 13.5. The highest BCUT2D eigenvalue weighted by molar-refractivity contribution is 6.01. The third kappa shape index (κ3) is 2.73. The average Bonchev–Trinajstić information content (AvgIpc) is 2.40. The number of nitrogens with zero attached hydrogens (tertiary/aromatic N) is 1. The molecule has 2 N–H and O–H groups in total. The Morgan fingerprint density at radius 2 is 2.32 bits per heavy atom. The third-order valence-corrected chi connectivity index (χ3v) is 4.05. The Bertz CT molecular complexity index is 480. The van der Waals surface area contributed by atoms with Gasteiger partial charge in [-0.05, 0) is 56.0 Å². The Kier molecular flexibility index (Phi) is 3.42. The van der Waals surface area contributed by atoms with Crippen molar-refractivity contribution in [1.82, 2.24) is 5.32 Å². The van der Waals surface area contributed by atoms with Gasteiger partial charge in [0.25, 0.3) is 0 Å². The van der Waals surface area contributed by atoms with Crippen LogP contribution in [0.5, 0.6) is 0 Å². The van der Waals surface area contributed by atoms with Gasteiger partial charge in [-0.1, -0.05) is 6.07 Å². The van der Waals surface area contributed by atoms with Crippen molar-refractivity contribution < 1.29 is 4.79 Å². The van der Waals surface area contributed by atoms with E-state index in [1.165, 1.54) is 18.4 Å². The van der Waals surface area contributed by atoms with Crippen LogP contribution in [-0.2, 0) is 11.2 Å². The van der Waals surface area contributed by atoms with Crippen LogP contribution in [0, 0.1) is 5.92 Å². The van der Waals surface area contributed by atoms with Crippen molar-refractivity contribution in [2.75, 3.05) is 36.9 Å². The lowest BCUT2D eigenvalue weighted by Crippen LogP contribution is -2.35. The predicted octanol–water partition coefficient (Wildman–Crippen LogP) is 1.62. The van der Waals surface area contributed by atoms with Gasteiger partial charge in [0.05, 0.1) is 17.9 Å². The first-order valence-electron chi connectivity index (χ1n) is 7.07. The normalized spacial score (nSPS) is 22.9. The monoisotopic (exact) mass is 259 g/mol. The maximum atomic E-state index is 11.5. The molecule has 1 unspecified atom stereocenters. The molecule has 4 nitrogen and oxygen atoms in total.